The predicted molar refractivity (Wildman–Crippen MR) is 83.5 cm³/mol. The van der Waals surface area contributed by atoms with E-state index in [0.717, 1.165) is 3.77 Å². The first-order valence-electron chi connectivity index (χ1n) is 6.19. The lowest BCUT2D eigenvalue weighted by Crippen LogP contribution is -2.42. The Morgan fingerprint density at radius 1 is 1.29 bits per heavy atom. The molecule has 0 aliphatic carbocycles. The Bertz CT molecular complexity index is 683. The lowest BCUT2D eigenvalue weighted by molar-refractivity contribution is -0.130. The number of nitrogens with zero attached hydrogens (tertiary/aromatic N) is 1. The fourth-order valence-electron chi connectivity index (χ4n) is 1.78. The maximum absolute atomic E-state index is 11.9. The molecule has 1 unspecified atom stereocenters. The maximum Gasteiger partial charge on any atom is 0.284 e. The van der Waals surface area contributed by atoms with Crippen molar-refractivity contribution in [3.8, 4) is 11.5 Å². The van der Waals surface area contributed by atoms with Gasteiger partial charge in [0, 0.05) is 0 Å². The summed E-state index contributed by atoms with van der Waals surface area (Å²) in [5.41, 5.74) is 2.40. The van der Waals surface area contributed by atoms with Gasteiger partial charge in [-0.15, -0.1) is 0 Å². The van der Waals surface area contributed by atoms with Crippen molar-refractivity contribution >= 4 is 34.7 Å². The molecule has 0 bridgehead atoms. The van der Waals surface area contributed by atoms with Gasteiger partial charge in [-0.1, -0.05) is 12.1 Å². The minimum Gasteiger partial charge on any atom is -0.485 e. The van der Waals surface area contributed by atoms with Gasteiger partial charge in [0.2, 0.25) is 6.10 Å². The van der Waals surface area contributed by atoms with E-state index in [9.17, 15) is 4.79 Å². The number of furan rings is 1. The molecule has 0 radical (unpaired) electrons. The zero-order valence-electron chi connectivity index (χ0n) is 10.8. The summed E-state index contributed by atoms with van der Waals surface area (Å²) in [6.45, 7) is 0.150. The van der Waals surface area contributed by atoms with Crippen molar-refractivity contribution < 1.29 is 18.7 Å². The molecule has 7 heteroatoms. The van der Waals surface area contributed by atoms with Crippen LogP contribution >= 0.6 is 22.6 Å². The summed E-state index contributed by atoms with van der Waals surface area (Å²) < 4.78 is 17.1. The molecular weight excluding hydrogens is 387 g/mol. The van der Waals surface area contributed by atoms with Gasteiger partial charge in [-0.25, -0.2) is 5.43 Å². The van der Waals surface area contributed by atoms with E-state index in [1.165, 1.54) is 6.21 Å². The van der Waals surface area contributed by atoms with Crippen molar-refractivity contribution in [2.75, 3.05) is 6.61 Å². The van der Waals surface area contributed by atoms with E-state index in [1.807, 2.05) is 34.7 Å². The number of halogens is 1. The average molecular weight is 398 g/mol. The third-order valence-corrected chi connectivity index (χ3v) is 3.34. The molecule has 0 saturated carbocycles. The SMILES string of the molecule is O=C(NN=Cc1ccc(I)o1)C1COc2ccccc2O1. The van der Waals surface area contributed by atoms with Crippen LogP contribution in [0.2, 0.25) is 0 Å². The highest BCUT2D eigenvalue weighted by Gasteiger charge is 2.26. The summed E-state index contributed by atoms with van der Waals surface area (Å²) in [5, 5.41) is 3.83. The Balaban J connectivity index is 1.58. The van der Waals surface area contributed by atoms with Gasteiger partial charge in [0.1, 0.15) is 12.4 Å². The predicted octanol–water partition coefficient (Wildman–Crippen LogP) is 2.17. The molecule has 0 spiro atoms. The highest BCUT2D eigenvalue weighted by molar-refractivity contribution is 14.1. The van der Waals surface area contributed by atoms with Crippen molar-refractivity contribution in [3.05, 3.63) is 45.9 Å². The Morgan fingerprint density at radius 3 is 2.86 bits per heavy atom. The van der Waals surface area contributed by atoms with E-state index in [2.05, 4.69) is 10.5 Å². The summed E-state index contributed by atoms with van der Waals surface area (Å²) >= 11 is 2.05. The van der Waals surface area contributed by atoms with Crippen LogP contribution < -0.4 is 14.9 Å². The monoisotopic (exact) mass is 398 g/mol. The van der Waals surface area contributed by atoms with Gasteiger partial charge < -0.3 is 13.9 Å². The number of hydrazone groups is 1. The first-order chi connectivity index (χ1) is 10.2. The quantitative estimate of drug-likeness (QED) is 0.489. The van der Waals surface area contributed by atoms with E-state index >= 15 is 0 Å². The van der Waals surface area contributed by atoms with Gasteiger partial charge in [0.05, 0.1) is 6.21 Å². The fourth-order valence-corrected chi connectivity index (χ4v) is 2.21. The second-order valence-corrected chi connectivity index (χ2v) is 5.30. The summed E-state index contributed by atoms with van der Waals surface area (Å²) in [6.07, 6.45) is 0.700. The van der Waals surface area contributed by atoms with Crippen molar-refractivity contribution in [1.29, 1.82) is 0 Å². The molecule has 1 aliphatic rings. The van der Waals surface area contributed by atoms with E-state index in [4.69, 9.17) is 13.9 Å². The number of amides is 1. The van der Waals surface area contributed by atoms with E-state index in [0.29, 0.717) is 17.3 Å². The molecule has 1 amide bonds. The number of fused-ring (bicyclic) bond motifs is 1. The van der Waals surface area contributed by atoms with Crippen LogP contribution in [-0.2, 0) is 4.79 Å². The smallest absolute Gasteiger partial charge is 0.284 e. The molecule has 3 rings (SSSR count). The Labute approximate surface area is 134 Å². The number of hydrogen-bond acceptors (Lipinski definition) is 5. The van der Waals surface area contributed by atoms with Crippen LogP contribution in [0.1, 0.15) is 5.76 Å². The van der Waals surface area contributed by atoms with Crippen molar-refractivity contribution in [2.24, 2.45) is 5.10 Å². The molecule has 1 N–H and O–H groups in total. The first kappa shape index (κ1) is 13.9. The summed E-state index contributed by atoms with van der Waals surface area (Å²) in [6, 6.07) is 10.8. The second kappa shape index (κ2) is 6.17. The number of carbonyl (C=O) groups is 1. The molecule has 108 valence electrons. The zero-order chi connectivity index (χ0) is 14.7. The molecule has 2 heterocycles. The van der Waals surface area contributed by atoms with Crippen LogP contribution in [0.3, 0.4) is 0 Å². The van der Waals surface area contributed by atoms with Crippen LogP contribution in [-0.4, -0.2) is 24.8 Å². The highest BCUT2D eigenvalue weighted by atomic mass is 127. The Kier molecular flexibility index (Phi) is 4.09. The molecule has 0 saturated heterocycles. The number of nitrogens with one attached hydrogen (secondary N) is 1. The number of benzene rings is 1. The number of para-hydroxylation sites is 2. The molecule has 2 aromatic rings. The third kappa shape index (κ3) is 3.35. The summed E-state index contributed by atoms with van der Waals surface area (Å²) in [7, 11) is 0. The number of rotatable bonds is 3. The van der Waals surface area contributed by atoms with Crippen LogP contribution in [0.15, 0.2) is 45.9 Å². The number of carbonyl (C=O) groups excluding carboxylic acids is 1. The molecule has 0 fully saturated rings. The maximum atomic E-state index is 11.9. The molecule has 21 heavy (non-hydrogen) atoms. The van der Waals surface area contributed by atoms with Crippen LogP contribution in [0, 0.1) is 3.77 Å². The van der Waals surface area contributed by atoms with Crippen LogP contribution in [0.25, 0.3) is 0 Å². The molecule has 6 nitrogen and oxygen atoms in total. The van der Waals surface area contributed by atoms with Crippen molar-refractivity contribution in [3.63, 3.8) is 0 Å². The summed E-state index contributed by atoms with van der Waals surface area (Å²) in [4.78, 5) is 11.9. The Morgan fingerprint density at radius 2 is 2.10 bits per heavy atom. The molecular formula is C14H11IN2O4. The standard InChI is InChI=1S/C14H11IN2O4/c15-13-6-5-9(20-13)7-16-17-14(18)12-8-19-10-3-1-2-4-11(10)21-12/h1-7,12H,8H2,(H,17,18). The zero-order valence-corrected chi connectivity index (χ0v) is 12.9. The fraction of sp³-hybridized carbons (Fsp3) is 0.143. The normalized spacial score (nSPS) is 16.9. The van der Waals surface area contributed by atoms with Crippen molar-refractivity contribution in [2.45, 2.75) is 6.10 Å². The number of ether oxygens (including phenoxy) is 2. The first-order valence-corrected chi connectivity index (χ1v) is 7.27. The number of hydrogen-bond donors (Lipinski definition) is 1. The average Bonchev–Trinajstić information content (AvgIpc) is 2.92. The molecule has 1 aliphatic heterocycles. The lowest BCUT2D eigenvalue weighted by Gasteiger charge is -2.24. The van der Waals surface area contributed by atoms with E-state index in [1.54, 1.807) is 24.3 Å². The van der Waals surface area contributed by atoms with Gasteiger partial charge in [0.25, 0.3) is 5.91 Å². The second-order valence-electron chi connectivity index (χ2n) is 4.24. The lowest BCUT2D eigenvalue weighted by atomic mass is 10.2. The van der Waals surface area contributed by atoms with Gasteiger partial charge in [0.15, 0.2) is 15.3 Å². The molecule has 1 aromatic carbocycles. The van der Waals surface area contributed by atoms with Crippen LogP contribution in [0.4, 0.5) is 0 Å². The largest absolute Gasteiger partial charge is 0.485 e. The van der Waals surface area contributed by atoms with E-state index in [-0.39, 0.29) is 12.5 Å². The topological polar surface area (TPSA) is 73.1 Å². The van der Waals surface area contributed by atoms with Crippen molar-refractivity contribution in [1.82, 2.24) is 5.43 Å². The molecule has 1 atom stereocenters. The minimum atomic E-state index is -0.728. The Hall–Kier alpha value is -2.03. The van der Waals surface area contributed by atoms with Gasteiger partial charge >= 0.3 is 0 Å². The summed E-state index contributed by atoms with van der Waals surface area (Å²) in [5.74, 6) is 1.37. The van der Waals surface area contributed by atoms with Gasteiger partial charge in [-0.3, -0.25) is 4.79 Å². The van der Waals surface area contributed by atoms with Crippen LogP contribution in [0.5, 0.6) is 11.5 Å². The van der Waals surface area contributed by atoms with Gasteiger partial charge in [-0.05, 0) is 46.9 Å². The highest BCUT2D eigenvalue weighted by Crippen LogP contribution is 2.30. The minimum absolute atomic E-state index is 0.150. The van der Waals surface area contributed by atoms with E-state index < -0.39 is 6.10 Å². The molecule has 1 aromatic heterocycles. The third-order valence-electron chi connectivity index (χ3n) is 2.76. The van der Waals surface area contributed by atoms with Gasteiger partial charge in [-0.2, -0.15) is 5.10 Å².